The van der Waals surface area contributed by atoms with E-state index in [0.717, 1.165) is 27.1 Å². The van der Waals surface area contributed by atoms with E-state index in [0.29, 0.717) is 17.9 Å². The number of carbonyl (C=O) groups excluding carboxylic acids is 3. The molecule has 1 saturated heterocycles. The summed E-state index contributed by atoms with van der Waals surface area (Å²) in [6.45, 7) is 0.356. The molecule has 3 rings (SSSR count). The zero-order chi connectivity index (χ0) is 21.7. The Balaban J connectivity index is 1.44. The van der Waals surface area contributed by atoms with Crippen LogP contribution < -0.4 is 10.5 Å². The number of carbonyl (C=O) groups is 3. The molecule has 0 unspecified atom stereocenters. The smallest absolute Gasteiger partial charge is 0.293 e. The second kappa shape index (κ2) is 9.56. The highest BCUT2D eigenvalue weighted by molar-refractivity contribution is 8.18. The van der Waals surface area contributed by atoms with Crippen molar-refractivity contribution < 1.29 is 22.8 Å². The zero-order valence-corrected chi connectivity index (χ0v) is 18.2. The summed E-state index contributed by atoms with van der Waals surface area (Å²) in [7, 11) is -3.73. The Morgan fingerprint density at radius 2 is 1.90 bits per heavy atom. The molecule has 3 N–H and O–H groups in total. The maximum Gasteiger partial charge on any atom is 0.293 e. The number of hydrogen-bond acceptors (Lipinski definition) is 7. The molecule has 1 aromatic carbocycles. The first kappa shape index (κ1) is 22.2. The second-order valence-corrected chi connectivity index (χ2v) is 9.92. The van der Waals surface area contributed by atoms with Crippen molar-refractivity contribution in [3.63, 3.8) is 0 Å². The normalized spacial score (nSPS) is 15.8. The predicted octanol–water partition coefficient (Wildman–Crippen LogP) is 2.18. The molecule has 2 heterocycles. The topological polar surface area (TPSA) is 127 Å². The number of hydrogen-bond donors (Lipinski definition) is 2. The van der Waals surface area contributed by atoms with Crippen LogP contribution in [0.5, 0.6) is 0 Å². The minimum atomic E-state index is -3.73. The molecule has 0 spiro atoms. The van der Waals surface area contributed by atoms with Crippen molar-refractivity contribution in [1.29, 1.82) is 0 Å². The van der Waals surface area contributed by atoms with Gasteiger partial charge in [-0.15, -0.1) is 11.3 Å². The number of thiophene rings is 1. The van der Waals surface area contributed by atoms with Crippen LogP contribution in [0.25, 0.3) is 6.08 Å². The van der Waals surface area contributed by atoms with Gasteiger partial charge >= 0.3 is 0 Å². The predicted molar refractivity (Wildman–Crippen MR) is 116 cm³/mol. The highest BCUT2D eigenvalue weighted by Gasteiger charge is 2.35. The molecule has 1 aromatic heterocycles. The van der Waals surface area contributed by atoms with Crippen molar-refractivity contribution in [2.45, 2.75) is 17.7 Å². The highest BCUT2D eigenvalue weighted by atomic mass is 32.2. The molecule has 0 radical (unpaired) electrons. The minimum Gasteiger partial charge on any atom is -0.356 e. The summed E-state index contributed by atoms with van der Waals surface area (Å²) in [6, 6.07) is 9.80. The van der Waals surface area contributed by atoms with Gasteiger partial charge in [-0.05, 0) is 53.4 Å². The molecule has 1 aliphatic heterocycles. The SMILES string of the molecule is NS(=O)(=O)c1ccc(CCNC(=O)CCN2C(=O)S/C(=C/c3cccs3)C2=O)cc1. The van der Waals surface area contributed by atoms with Crippen LogP contribution in [0, 0.1) is 0 Å². The fraction of sp³-hybridized carbons (Fsp3) is 0.211. The third-order valence-electron chi connectivity index (χ3n) is 4.24. The van der Waals surface area contributed by atoms with Gasteiger partial charge in [0.2, 0.25) is 15.9 Å². The van der Waals surface area contributed by atoms with Crippen molar-refractivity contribution >= 4 is 56.3 Å². The van der Waals surface area contributed by atoms with Gasteiger partial charge in [-0.25, -0.2) is 13.6 Å². The first-order valence-electron chi connectivity index (χ1n) is 8.91. The lowest BCUT2D eigenvalue weighted by Crippen LogP contribution is -2.34. The van der Waals surface area contributed by atoms with Gasteiger partial charge in [-0.3, -0.25) is 19.3 Å². The van der Waals surface area contributed by atoms with Crippen LogP contribution in [-0.2, 0) is 26.0 Å². The van der Waals surface area contributed by atoms with Crippen LogP contribution in [0.4, 0.5) is 4.79 Å². The van der Waals surface area contributed by atoms with Gasteiger partial charge in [-0.2, -0.15) is 0 Å². The van der Waals surface area contributed by atoms with E-state index in [9.17, 15) is 22.8 Å². The van der Waals surface area contributed by atoms with E-state index in [1.165, 1.54) is 23.5 Å². The Morgan fingerprint density at radius 3 is 2.53 bits per heavy atom. The van der Waals surface area contributed by atoms with Gasteiger partial charge in [0.15, 0.2) is 0 Å². The van der Waals surface area contributed by atoms with E-state index in [2.05, 4.69) is 5.32 Å². The molecule has 0 bridgehead atoms. The number of imide groups is 1. The van der Waals surface area contributed by atoms with Crippen molar-refractivity contribution in [2.75, 3.05) is 13.1 Å². The lowest BCUT2D eigenvalue weighted by Gasteiger charge is -2.12. The summed E-state index contributed by atoms with van der Waals surface area (Å²) in [5.41, 5.74) is 0.840. The molecule has 0 saturated carbocycles. The highest BCUT2D eigenvalue weighted by Crippen LogP contribution is 2.32. The van der Waals surface area contributed by atoms with Crippen LogP contribution in [0.15, 0.2) is 51.6 Å². The van der Waals surface area contributed by atoms with E-state index in [-0.39, 0.29) is 34.9 Å². The largest absolute Gasteiger partial charge is 0.356 e. The fourth-order valence-corrected chi connectivity index (χ4v) is 4.79. The third-order valence-corrected chi connectivity index (χ3v) is 6.90. The first-order valence-corrected chi connectivity index (χ1v) is 12.2. The van der Waals surface area contributed by atoms with Gasteiger partial charge in [-0.1, -0.05) is 18.2 Å². The third kappa shape index (κ3) is 5.79. The number of nitrogens with one attached hydrogen (secondary N) is 1. The molecule has 11 heteroatoms. The van der Waals surface area contributed by atoms with Gasteiger partial charge < -0.3 is 5.32 Å². The van der Waals surface area contributed by atoms with Crippen LogP contribution in [-0.4, -0.2) is 43.5 Å². The molecule has 3 amide bonds. The van der Waals surface area contributed by atoms with Crippen molar-refractivity contribution in [1.82, 2.24) is 10.2 Å². The first-order chi connectivity index (χ1) is 14.2. The Hall–Kier alpha value is -2.47. The van der Waals surface area contributed by atoms with Crippen molar-refractivity contribution in [3.8, 4) is 0 Å². The van der Waals surface area contributed by atoms with Crippen LogP contribution in [0.3, 0.4) is 0 Å². The summed E-state index contributed by atoms with van der Waals surface area (Å²) in [5, 5.41) is 9.28. The number of thioether (sulfide) groups is 1. The summed E-state index contributed by atoms with van der Waals surface area (Å²) in [6.07, 6.45) is 2.19. The Kier molecular flexibility index (Phi) is 7.08. The van der Waals surface area contributed by atoms with Crippen molar-refractivity contribution in [3.05, 3.63) is 57.1 Å². The van der Waals surface area contributed by atoms with E-state index in [1.807, 2.05) is 17.5 Å². The molecule has 158 valence electrons. The maximum atomic E-state index is 12.4. The Morgan fingerprint density at radius 1 is 1.17 bits per heavy atom. The Bertz CT molecular complexity index is 1080. The van der Waals surface area contributed by atoms with Crippen molar-refractivity contribution in [2.24, 2.45) is 5.14 Å². The molecule has 8 nitrogen and oxygen atoms in total. The fourth-order valence-electron chi connectivity index (χ4n) is 2.69. The Labute approximate surface area is 182 Å². The average Bonchev–Trinajstić information content (AvgIpc) is 3.29. The molecule has 2 aromatic rings. The number of rotatable bonds is 8. The van der Waals surface area contributed by atoms with Crippen LogP contribution >= 0.6 is 23.1 Å². The molecule has 30 heavy (non-hydrogen) atoms. The van der Waals surface area contributed by atoms with Gasteiger partial charge in [0.05, 0.1) is 9.80 Å². The number of nitrogens with zero attached hydrogens (tertiary/aromatic N) is 1. The molecule has 0 aliphatic carbocycles. The van der Waals surface area contributed by atoms with E-state index >= 15 is 0 Å². The quantitative estimate of drug-likeness (QED) is 0.576. The number of sulfonamides is 1. The second-order valence-electron chi connectivity index (χ2n) is 6.39. The van der Waals surface area contributed by atoms with E-state index in [4.69, 9.17) is 5.14 Å². The number of amides is 3. The molecule has 0 atom stereocenters. The number of primary sulfonamides is 1. The molecule has 1 fully saturated rings. The van der Waals surface area contributed by atoms with Crippen LogP contribution in [0.1, 0.15) is 16.9 Å². The minimum absolute atomic E-state index is 0.00861. The average molecular weight is 466 g/mol. The van der Waals surface area contributed by atoms with E-state index < -0.39 is 10.0 Å². The van der Waals surface area contributed by atoms with Gasteiger partial charge in [0.1, 0.15) is 0 Å². The van der Waals surface area contributed by atoms with Gasteiger partial charge in [0.25, 0.3) is 11.1 Å². The summed E-state index contributed by atoms with van der Waals surface area (Å²) < 4.78 is 22.5. The number of nitrogens with two attached hydrogens (primary N) is 1. The lowest BCUT2D eigenvalue weighted by atomic mass is 10.1. The van der Waals surface area contributed by atoms with E-state index in [1.54, 1.807) is 18.2 Å². The molecular formula is C19H19N3O5S3. The monoisotopic (exact) mass is 465 g/mol. The van der Waals surface area contributed by atoms with Crippen LogP contribution in [0.2, 0.25) is 0 Å². The molecular weight excluding hydrogens is 446 g/mol. The summed E-state index contributed by atoms with van der Waals surface area (Å²) in [4.78, 5) is 38.9. The molecule has 1 aliphatic rings. The maximum absolute atomic E-state index is 12.4. The lowest BCUT2D eigenvalue weighted by molar-refractivity contribution is -0.124. The summed E-state index contributed by atoms with van der Waals surface area (Å²) in [5.74, 6) is -0.668. The number of benzene rings is 1. The standard InChI is InChI=1S/C19H19N3O5S3/c20-30(26,27)15-5-3-13(4-6-15)7-9-21-17(23)8-10-22-18(24)16(29-19(22)25)12-14-2-1-11-28-14/h1-6,11-12H,7-10H2,(H,21,23)(H2,20,26,27)/b16-12+. The van der Waals surface area contributed by atoms with Gasteiger partial charge in [0, 0.05) is 24.4 Å². The summed E-state index contributed by atoms with van der Waals surface area (Å²) >= 11 is 2.34. The zero-order valence-electron chi connectivity index (χ0n) is 15.7.